The SMILES string of the molecule is COC(=O)CNc1ccc(N)cn1. The molecule has 0 aliphatic carbocycles. The first-order chi connectivity index (χ1) is 6.22. The zero-order valence-corrected chi connectivity index (χ0v) is 7.28. The van der Waals surface area contributed by atoms with Crippen LogP contribution in [0.5, 0.6) is 0 Å². The van der Waals surface area contributed by atoms with Gasteiger partial charge in [-0.15, -0.1) is 0 Å². The number of hydrogen-bond donors (Lipinski definition) is 2. The first-order valence-corrected chi connectivity index (χ1v) is 3.74. The van der Waals surface area contributed by atoms with Crippen LogP contribution in [0.1, 0.15) is 0 Å². The lowest BCUT2D eigenvalue weighted by Crippen LogP contribution is -2.15. The number of anilines is 2. The topological polar surface area (TPSA) is 77.2 Å². The lowest BCUT2D eigenvalue weighted by atomic mass is 10.4. The van der Waals surface area contributed by atoms with Gasteiger partial charge in [-0.3, -0.25) is 4.79 Å². The highest BCUT2D eigenvalue weighted by Gasteiger charge is 1.99. The van der Waals surface area contributed by atoms with Crippen LogP contribution in [0, 0.1) is 0 Å². The molecule has 0 saturated heterocycles. The second-order valence-electron chi connectivity index (χ2n) is 2.41. The van der Waals surface area contributed by atoms with Crippen molar-refractivity contribution in [2.24, 2.45) is 0 Å². The van der Waals surface area contributed by atoms with Crippen molar-refractivity contribution in [1.82, 2.24) is 4.98 Å². The highest BCUT2D eigenvalue weighted by Crippen LogP contribution is 2.04. The normalized spacial score (nSPS) is 9.31. The van der Waals surface area contributed by atoms with Gasteiger partial charge in [-0.2, -0.15) is 0 Å². The van der Waals surface area contributed by atoms with Crippen molar-refractivity contribution in [2.75, 3.05) is 24.7 Å². The Labute approximate surface area is 75.9 Å². The van der Waals surface area contributed by atoms with Crippen molar-refractivity contribution < 1.29 is 9.53 Å². The third kappa shape index (κ3) is 2.98. The second kappa shape index (κ2) is 4.30. The second-order valence-corrected chi connectivity index (χ2v) is 2.41. The average Bonchev–Trinajstić information content (AvgIpc) is 2.16. The number of nitrogens with zero attached hydrogens (tertiary/aromatic N) is 1. The zero-order chi connectivity index (χ0) is 9.68. The minimum atomic E-state index is -0.335. The Balaban J connectivity index is 2.46. The molecular formula is C8H11N3O2. The lowest BCUT2D eigenvalue weighted by Gasteiger charge is -2.03. The Morgan fingerprint density at radius 2 is 2.46 bits per heavy atom. The van der Waals surface area contributed by atoms with Gasteiger partial charge in [0.1, 0.15) is 12.4 Å². The molecule has 3 N–H and O–H groups in total. The van der Waals surface area contributed by atoms with Gasteiger partial charge in [0.25, 0.3) is 0 Å². The van der Waals surface area contributed by atoms with Gasteiger partial charge < -0.3 is 15.8 Å². The maximum absolute atomic E-state index is 10.7. The molecule has 0 amide bonds. The Hall–Kier alpha value is -1.78. The molecule has 0 bridgehead atoms. The van der Waals surface area contributed by atoms with Crippen molar-refractivity contribution in [3.63, 3.8) is 0 Å². The molecule has 1 heterocycles. The van der Waals surface area contributed by atoms with Gasteiger partial charge in [-0.25, -0.2) is 4.98 Å². The largest absolute Gasteiger partial charge is 0.468 e. The van der Waals surface area contributed by atoms with Crippen LogP contribution in [0.3, 0.4) is 0 Å². The average molecular weight is 181 g/mol. The summed E-state index contributed by atoms with van der Waals surface area (Å²) in [4.78, 5) is 14.7. The van der Waals surface area contributed by atoms with E-state index in [4.69, 9.17) is 5.73 Å². The molecule has 0 spiro atoms. The number of rotatable bonds is 3. The van der Waals surface area contributed by atoms with Crippen molar-refractivity contribution in [3.05, 3.63) is 18.3 Å². The summed E-state index contributed by atoms with van der Waals surface area (Å²) < 4.78 is 4.44. The van der Waals surface area contributed by atoms with Gasteiger partial charge >= 0.3 is 5.97 Å². The van der Waals surface area contributed by atoms with Crippen molar-refractivity contribution >= 4 is 17.5 Å². The van der Waals surface area contributed by atoms with E-state index in [2.05, 4.69) is 15.0 Å². The third-order valence-electron chi connectivity index (χ3n) is 1.43. The molecule has 0 fully saturated rings. The van der Waals surface area contributed by atoms with E-state index in [-0.39, 0.29) is 12.5 Å². The maximum atomic E-state index is 10.7. The summed E-state index contributed by atoms with van der Waals surface area (Å²) in [6.45, 7) is 0.105. The monoisotopic (exact) mass is 181 g/mol. The van der Waals surface area contributed by atoms with E-state index in [0.29, 0.717) is 11.5 Å². The molecule has 5 heteroatoms. The molecule has 0 aromatic carbocycles. The van der Waals surface area contributed by atoms with Gasteiger partial charge in [0.15, 0.2) is 0 Å². The number of carbonyl (C=O) groups excluding carboxylic acids is 1. The van der Waals surface area contributed by atoms with E-state index in [1.54, 1.807) is 12.1 Å². The van der Waals surface area contributed by atoms with Gasteiger partial charge in [0.2, 0.25) is 0 Å². The standard InChI is InChI=1S/C8H11N3O2/c1-13-8(12)5-11-7-3-2-6(9)4-10-7/h2-4H,5,9H2,1H3,(H,10,11). The number of pyridine rings is 1. The predicted molar refractivity (Wildman–Crippen MR) is 49.2 cm³/mol. The van der Waals surface area contributed by atoms with E-state index >= 15 is 0 Å². The smallest absolute Gasteiger partial charge is 0.325 e. The summed E-state index contributed by atoms with van der Waals surface area (Å²) in [7, 11) is 1.33. The number of nitrogens with one attached hydrogen (secondary N) is 1. The van der Waals surface area contributed by atoms with Gasteiger partial charge in [0.05, 0.1) is 19.0 Å². The summed E-state index contributed by atoms with van der Waals surface area (Å²) in [5.74, 6) is 0.262. The zero-order valence-electron chi connectivity index (χ0n) is 7.28. The Bertz CT molecular complexity index is 284. The van der Waals surface area contributed by atoms with E-state index in [9.17, 15) is 4.79 Å². The van der Waals surface area contributed by atoms with Crippen molar-refractivity contribution in [2.45, 2.75) is 0 Å². The molecular weight excluding hydrogens is 170 g/mol. The summed E-state index contributed by atoms with van der Waals surface area (Å²) in [6.07, 6.45) is 1.51. The van der Waals surface area contributed by atoms with Crippen LogP contribution in [-0.4, -0.2) is 24.6 Å². The van der Waals surface area contributed by atoms with Crippen LogP contribution >= 0.6 is 0 Å². The molecule has 0 radical (unpaired) electrons. The first-order valence-electron chi connectivity index (χ1n) is 3.74. The van der Waals surface area contributed by atoms with Gasteiger partial charge in [-0.05, 0) is 12.1 Å². The highest BCUT2D eigenvalue weighted by molar-refractivity contribution is 5.74. The van der Waals surface area contributed by atoms with E-state index < -0.39 is 0 Å². The molecule has 5 nitrogen and oxygen atoms in total. The molecule has 0 atom stereocenters. The quantitative estimate of drug-likeness (QED) is 0.653. The van der Waals surface area contributed by atoms with Gasteiger partial charge in [0, 0.05) is 0 Å². The first kappa shape index (κ1) is 9.31. The molecule has 0 aliphatic heterocycles. The highest BCUT2D eigenvalue weighted by atomic mass is 16.5. The van der Waals surface area contributed by atoms with Crippen LogP contribution in [0.15, 0.2) is 18.3 Å². The van der Waals surface area contributed by atoms with Crippen LogP contribution in [0.2, 0.25) is 0 Å². The molecule has 0 aliphatic rings. The molecule has 0 saturated carbocycles. The van der Waals surface area contributed by atoms with Crippen molar-refractivity contribution in [3.8, 4) is 0 Å². The number of esters is 1. The Kier molecular flexibility index (Phi) is 3.08. The molecule has 0 unspecified atom stereocenters. The summed E-state index contributed by atoms with van der Waals surface area (Å²) >= 11 is 0. The number of carbonyl (C=O) groups is 1. The minimum absolute atomic E-state index is 0.105. The summed E-state index contributed by atoms with van der Waals surface area (Å²) in [5.41, 5.74) is 6.01. The van der Waals surface area contributed by atoms with E-state index in [1.165, 1.54) is 13.3 Å². The fourth-order valence-corrected chi connectivity index (χ4v) is 0.745. The fourth-order valence-electron chi connectivity index (χ4n) is 0.745. The van der Waals surface area contributed by atoms with Crippen molar-refractivity contribution in [1.29, 1.82) is 0 Å². The Morgan fingerprint density at radius 3 is 3.00 bits per heavy atom. The summed E-state index contributed by atoms with van der Waals surface area (Å²) in [5, 5.41) is 2.78. The van der Waals surface area contributed by atoms with Crippen LogP contribution in [0.4, 0.5) is 11.5 Å². The molecule has 1 rings (SSSR count). The lowest BCUT2D eigenvalue weighted by molar-refractivity contribution is -0.138. The number of ether oxygens (including phenoxy) is 1. The number of nitrogen functional groups attached to an aromatic ring is 1. The van der Waals surface area contributed by atoms with Crippen LogP contribution in [-0.2, 0) is 9.53 Å². The predicted octanol–water partition coefficient (Wildman–Crippen LogP) is 0.249. The summed E-state index contributed by atoms with van der Waals surface area (Å²) in [6, 6.07) is 3.39. The number of aromatic nitrogens is 1. The molecule has 1 aromatic heterocycles. The molecule has 13 heavy (non-hydrogen) atoms. The molecule has 70 valence electrons. The number of nitrogens with two attached hydrogens (primary N) is 1. The number of hydrogen-bond acceptors (Lipinski definition) is 5. The Morgan fingerprint density at radius 1 is 1.69 bits per heavy atom. The van der Waals surface area contributed by atoms with Crippen LogP contribution in [0.25, 0.3) is 0 Å². The van der Waals surface area contributed by atoms with E-state index in [1.807, 2.05) is 0 Å². The maximum Gasteiger partial charge on any atom is 0.325 e. The van der Waals surface area contributed by atoms with Crippen LogP contribution < -0.4 is 11.1 Å². The third-order valence-corrected chi connectivity index (χ3v) is 1.43. The fraction of sp³-hybridized carbons (Fsp3) is 0.250. The van der Waals surface area contributed by atoms with E-state index in [0.717, 1.165) is 0 Å². The molecule has 1 aromatic rings. The van der Waals surface area contributed by atoms with Gasteiger partial charge in [-0.1, -0.05) is 0 Å². The minimum Gasteiger partial charge on any atom is -0.468 e. The number of methoxy groups -OCH3 is 1.